The van der Waals surface area contributed by atoms with Gasteiger partial charge in [-0.05, 0) is 113 Å². The summed E-state index contributed by atoms with van der Waals surface area (Å²) < 4.78 is 21.6. The highest BCUT2D eigenvalue weighted by Crippen LogP contribution is 2.56. The van der Waals surface area contributed by atoms with E-state index in [-0.39, 0.29) is 6.10 Å². The van der Waals surface area contributed by atoms with Gasteiger partial charge in [0.2, 0.25) is 0 Å². The van der Waals surface area contributed by atoms with Gasteiger partial charge in [-0.25, -0.2) is 0 Å². The minimum atomic E-state index is 0.181. The molecule has 0 spiro atoms. The fraction of sp³-hybridized carbons (Fsp3) is 0.286. The lowest BCUT2D eigenvalue weighted by molar-refractivity contribution is 0.0865. The van der Waals surface area contributed by atoms with Crippen molar-refractivity contribution in [2.24, 2.45) is 23.7 Å². The molecule has 6 aromatic rings. The standard InChI is InChI=1S/C56H52N2O3/c1-33-25-29-37(30-26-33)57(46-22-11-20-43-41-18-9-13-35(3)52(41)60-54(43)46)50-39-15-5-6-16-40(39)51(56-49(50)45-17-7-8-24-48(45)59-56)58(38-31-27-34(2)28-32-38)47-23-12-21-44-42-19-10-14-36(4)53(42)61-55(44)47/h5-6,8-9,11-12,14-16,18,21-25,27-33,35,41,43,52H,7,10,13,17,19-20,26H2,1-4H3. The van der Waals surface area contributed by atoms with E-state index < -0.39 is 0 Å². The SMILES string of the molecule is CC1=CCCc2c1oc1c(N(c3ccc(C)cc3)c3c4ccccc4c(N(C4=CCC(C)C=C4)C4=C5OC6C(C)CC=CC6C5CC=C4)c4c5c(oc34)C=CCC5)cccc21. The maximum absolute atomic E-state index is 7.34. The molecule has 12 rings (SSSR count). The zero-order chi connectivity index (χ0) is 40.9. The van der Waals surface area contributed by atoms with E-state index in [1.807, 2.05) is 0 Å². The van der Waals surface area contributed by atoms with Crippen LogP contribution in [0.2, 0.25) is 0 Å². The molecule has 2 aromatic heterocycles. The Morgan fingerprint density at radius 1 is 0.656 bits per heavy atom. The lowest BCUT2D eigenvalue weighted by Crippen LogP contribution is -2.28. The van der Waals surface area contributed by atoms with E-state index in [0.717, 1.165) is 113 Å². The lowest BCUT2D eigenvalue weighted by Gasteiger charge is -2.35. The van der Waals surface area contributed by atoms with Crippen LogP contribution in [0.1, 0.15) is 81.1 Å². The number of benzene rings is 4. The van der Waals surface area contributed by atoms with Gasteiger partial charge in [-0.1, -0.05) is 110 Å². The van der Waals surface area contributed by atoms with Gasteiger partial charge in [0.25, 0.3) is 0 Å². The second kappa shape index (κ2) is 14.2. The van der Waals surface area contributed by atoms with Crippen molar-refractivity contribution in [3.05, 3.63) is 167 Å². The maximum Gasteiger partial charge on any atom is 0.161 e. The summed E-state index contributed by atoms with van der Waals surface area (Å²) in [6.07, 6.45) is 30.6. The third kappa shape index (κ3) is 5.65. The Morgan fingerprint density at radius 2 is 1.48 bits per heavy atom. The molecule has 5 aliphatic carbocycles. The van der Waals surface area contributed by atoms with Gasteiger partial charge >= 0.3 is 0 Å². The van der Waals surface area contributed by atoms with Crippen LogP contribution in [0, 0.1) is 30.6 Å². The fourth-order valence-electron chi connectivity index (χ4n) is 11.2. The quantitative estimate of drug-likeness (QED) is 0.124. The molecular weight excluding hydrogens is 749 g/mol. The van der Waals surface area contributed by atoms with Crippen molar-refractivity contribution in [3.63, 3.8) is 0 Å². The molecule has 1 saturated heterocycles. The van der Waals surface area contributed by atoms with Gasteiger partial charge in [0.1, 0.15) is 23.4 Å². The van der Waals surface area contributed by atoms with E-state index in [0.29, 0.717) is 23.7 Å². The number of allylic oxidation sites excluding steroid dienone is 10. The van der Waals surface area contributed by atoms with Crippen molar-refractivity contribution in [1.29, 1.82) is 0 Å². The van der Waals surface area contributed by atoms with E-state index in [1.54, 1.807) is 0 Å². The molecule has 61 heavy (non-hydrogen) atoms. The minimum absolute atomic E-state index is 0.181. The summed E-state index contributed by atoms with van der Waals surface area (Å²) in [5.74, 6) is 4.69. The fourth-order valence-corrected chi connectivity index (χ4v) is 11.2. The van der Waals surface area contributed by atoms with Crippen LogP contribution in [0.15, 0.2) is 147 Å². The van der Waals surface area contributed by atoms with E-state index in [2.05, 4.69) is 165 Å². The minimum Gasteiger partial charge on any atom is -0.491 e. The summed E-state index contributed by atoms with van der Waals surface area (Å²) in [7, 11) is 0. The molecule has 5 heteroatoms. The number of ether oxygens (including phenoxy) is 1. The van der Waals surface area contributed by atoms with Gasteiger partial charge in [-0.15, -0.1) is 0 Å². The number of fused-ring (bicyclic) bond motifs is 10. The highest BCUT2D eigenvalue weighted by molar-refractivity contribution is 6.23. The first-order valence-corrected chi connectivity index (χ1v) is 22.6. The van der Waals surface area contributed by atoms with Gasteiger partial charge in [0.05, 0.1) is 28.1 Å². The number of aryl methyl sites for hydroxylation is 3. The highest BCUT2D eigenvalue weighted by Gasteiger charge is 2.47. The Kier molecular flexibility index (Phi) is 8.52. The van der Waals surface area contributed by atoms with Crippen molar-refractivity contribution >= 4 is 67.1 Å². The summed E-state index contributed by atoms with van der Waals surface area (Å²) in [4.78, 5) is 4.98. The smallest absolute Gasteiger partial charge is 0.161 e. The van der Waals surface area contributed by atoms with E-state index in [4.69, 9.17) is 13.6 Å². The second-order valence-corrected chi connectivity index (χ2v) is 18.3. The van der Waals surface area contributed by atoms with Gasteiger partial charge in [-0.2, -0.15) is 0 Å². The molecule has 304 valence electrons. The topological polar surface area (TPSA) is 42.0 Å². The molecule has 1 fully saturated rings. The molecule has 0 N–H and O–H groups in total. The third-order valence-electron chi connectivity index (χ3n) is 14.3. The summed E-state index contributed by atoms with van der Waals surface area (Å²) in [6, 6.07) is 24.6. The van der Waals surface area contributed by atoms with Crippen LogP contribution in [0.25, 0.3) is 44.4 Å². The Hall–Kier alpha value is -6.20. The zero-order valence-corrected chi connectivity index (χ0v) is 35.6. The second-order valence-electron chi connectivity index (χ2n) is 18.3. The molecule has 4 aromatic carbocycles. The number of hydrogen-bond acceptors (Lipinski definition) is 5. The van der Waals surface area contributed by atoms with Gasteiger partial charge in [0, 0.05) is 50.5 Å². The van der Waals surface area contributed by atoms with Crippen molar-refractivity contribution in [2.75, 3.05) is 9.80 Å². The van der Waals surface area contributed by atoms with Crippen molar-refractivity contribution in [1.82, 2.24) is 0 Å². The number of anilines is 4. The third-order valence-corrected chi connectivity index (χ3v) is 14.3. The summed E-state index contributed by atoms with van der Waals surface area (Å²) >= 11 is 0. The number of rotatable bonds is 6. The van der Waals surface area contributed by atoms with Gasteiger partial charge in [0.15, 0.2) is 11.2 Å². The Morgan fingerprint density at radius 3 is 2.31 bits per heavy atom. The predicted molar refractivity (Wildman–Crippen MR) is 251 cm³/mol. The van der Waals surface area contributed by atoms with E-state index >= 15 is 0 Å². The van der Waals surface area contributed by atoms with Crippen molar-refractivity contribution in [3.8, 4) is 0 Å². The number of nitrogens with zero attached hydrogens (tertiary/aromatic N) is 2. The van der Waals surface area contributed by atoms with Crippen LogP contribution in [-0.4, -0.2) is 6.10 Å². The number of para-hydroxylation sites is 1. The van der Waals surface area contributed by atoms with Crippen LogP contribution in [0.4, 0.5) is 22.7 Å². The van der Waals surface area contributed by atoms with E-state index in [1.165, 1.54) is 38.7 Å². The van der Waals surface area contributed by atoms with Gasteiger partial charge < -0.3 is 23.4 Å². The molecule has 3 heterocycles. The number of hydrogen-bond donors (Lipinski definition) is 0. The van der Waals surface area contributed by atoms with Crippen LogP contribution in [0.3, 0.4) is 0 Å². The first kappa shape index (κ1) is 36.6. The molecule has 0 bridgehead atoms. The van der Waals surface area contributed by atoms with Gasteiger partial charge in [-0.3, -0.25) is 0 Å². The highest BCUT2D eigenvalue weighted by atomic mass is 16.5. The first-order valence-electron chi connectivity index (χ1n) is 22.6. The van der Waals surface area contributed by atoms with Crippen molar-refractivity contribution < 1.29 is 13.6 Å². The first-order chi connectivity index (χ1) is 29.9. The summed E-state index contributed by atoms with van der Waals surface area (Å²) in [5, 5.41) is 4.63. The van der Waals surface area contributed by atoms with Crippen LogP contribution in [-0.2, 0) is 17.6 Å². The molecule has 5 nitrogen and oxygen atoms in total. The van der Waals surface area contributed by atoms with Crippen LogP contribution in [0.5, 0.6) is 0 Å². The maximum atomic E-state index is 7.34. The summed E-state index contributed by atoms with van der Waals surface area (Å²) in [6.45, 7) is 9.00. The predicted octanol–water partition coefficient (Wildman–Crippen LogP) is 15.1. The van der Waals surface area contributed by atoms with E-state index in [9.17, 15) is 0 Å². The normalized spacial score (nSPS) is 23.8. The molecule has 0 amide bonds. The molecule has 0 saturated carbocycles. The van der Waals surface area contributed by atoms with Crippen LogP contribution >= 0.6 is 0 Å². The Labute approximate surface area is 358 Å². The van der Waals surface area contributed by atoms with Crippen molar-refractivity contribution in [2.45, 2.75) is 78.7 Å². The molecule has 5 atom stereocenters. The van der Waals surface area contributed by atoms with Crippen LogP contribution < -0.4 is 9.80 Å². The average Bonchev–Trinajstić information content (AvgIpc) is 3.99. The largest absolute Gasteiger partial charge is 0.491 e. The molecule has 0 radical (unpaired) electrons. The number of furan rings is 2. The Balaban J connectivity index is 1.19. The molecule has 6 aliphatic rings. The Bertz CT molecular complexity index is 3010. The molecule has 5 unspecified atom stereocenters. The monoisotopic (exact) mass is 800 g/mol. The zero-order valence-electron chi connectivity index (χ0n) is 35.6. The average molecular weight is 801 g/mol. The summed E-state index contributed by atoms with van der Waals surface area (Å²) in [5.41, 5.74) is 13.3. The molecular formula is C56H52N2O3. The molecule has 1 aliphatic heterocycles. The lowest BCUT2D eigenvalue weighted by atomic mass is 9.77.